The van der Waals surface area contributed by atoms with E-state index in [0.29, 0.717) is 22.2 Å². The fraction of sp³-hybridized carbons (Fsp3) is 0.167. The zero-order valence-electron chi connectivity index (χ0n) is 13.8. The molecule has 0 spiro atoms. The van der Waals surface area contributed by atoms with Crippen LogP contribution in [-0.2, 0) is 11.3 Å². The van der Waals surface area contributed by atoms with Gasteiger partial charge in [0.1, 0.15) is 18.0 Å². The quantitative estimate of drug-likeness (QED) is 0.653. The largest absolute Gasteiger partial charge is 0.494 e. The average Bonchev–Trinajstić information content (AvgIpc) is 3.02. The van der Waals surface area contributed by atoms with Crippen molar-refractivity contribution in [1.29, 1.82) is 0 Å². The van der Waals surface area contributed by atoms with E-state index in [1.807, 2.05) is 36.4 Å². The molecule has 0 unspecified atom stereocenters. The number of hydrogen-bond acceptors (Lipinski definition) is 5. The summed E-state index contributed by atoms with van der Waals surface area (Å²) in [5.41, 5.74) is 2.14. The highest BCUT2D eigenvalue weighted by Crippen LogP contribution is 2.23. The smallest absolute Gasteiger partial charge is 0.361 e. The third kappa shape index (κ3) is 3.49. The van der Waals surface area contributed by atoms with E-state index >= 15 is 0 Å². The summed E-state index contributed by atoms with van der Waals surface area (Å²) in [5.74, 6) is 0.0741. The van der Waals surface area contributed by atoms with Crippen LogP contribution in [0.5, 0.6) is 5.75 Å². The number of esters is 1. The number of methoxy groups -OCH3 is 1. The molecule has 6 nitrogen and oxygen atoms in total. The van der Waals surface area contributed by atoms with Gasteiger partial charge in [0.2, 0.25) is 0 Å². The van der Waals surface area contributed by atoms with Crippen molar-refractivity contribution in [2.45, 2.75) is 13.5 Å². The summed E-state index contributed by atoms with van der Waals surface area (Å²) in [7, 11) is 1.57. The van der Waals surface area contributed by atoms with Crippen molar-refractivity contribution in [2.24, 2.45) is 0 Å². The zero-order chi connectivity index (χ0) is 17.8. The Morgan fingerprint density at radius 1 is 1.16 bits per heavy atom. The van der Waals surface area contributed by atoms with Gasteiger partial charge >= 0.3 is 5.97 Å². The van der Waals surface area contributed by atoms with E-state index < -0.39 is 5.97 Å². The molecule has 0 bridgehead atoms. The molecule has 0 radical (unpaired) electrons. The molecule has 25 heavy (non-hydrogen) atoms. The van der Waals surface area contributed by atoms with Gasteiger partial charge < -0.3 is 9.47 Å². The lowest BCUT2D eigenvalue weighted by Gasteiger charge is -2.09. The normalized spacial score (nSPS) is 10.5. The lowest BCUT2D eigenvalue weighted by Crippen LogP contribution is -2.09. The summed E-state index contributed by atoms with van der Waals surface area (Å²) in [5, 5.41) is 8.55. The summed E-state index contributed by atoms with van der Waals surface area (Å²) in [6.45, 7) is 1.82. The predicted molar refractivity (Wildman–Crippen MR) is 93.2 cm³/mol. The van der Waals surface area contributed by atoms with Crippen LogP contribution in [0, 0.1) is 6.92 Å². The first-order valence-corrected chi connectivity index (χ1v) is 7.96. The molecule has 3 aromatic rings. The van der Waals surface area contributed by atoms with Gasteiger partial charge in [0.05, 0.1) is 12.8 Å². The number of carbonyl (C=O) groups is 1. The fourth-order valence-corrected chi connectivity index (χ4v) is 2.57. The SMILES string of the molecule is COc1ccccc1-n1nnc(C(=O)OCc2ccccc2Cl)c1C. The Morgan fingerprint density at radius 3 is 2.64 bits per heavy atom. The second kappa shape index (κ2) is 7.36. The Hall–Kier alpha value is -2.86. The van der Waals surface area contributed by atoms with Gasteiger partial charge in [-0.3, -0.25) is 0 Å². The minimum atomic E-state index is -0.557. The van der Waals surface area contributed by atoms with Crippen LogP contribution in [0.25, 0.3) is 5.69 Å². The van der Waals surface area contributed by atoms with Gasteiger partial charge in [-0.1, -0.05) is 47.1 Å². The maximum absolute atomic E-state index is 12.3. The molecule has 128 valence electrons. The Morgan fingerprint density at radius 2 is 1.88 bits per heavy atom. The van der Waals surface area contributed by atoms with Crippen LogP contribution in [0.2, 0.25) is 5.02 Å². The second-order valence-corrected chi connectivity index (χ2v) is 5.68. The molecule has 3 rings (SSSR count). The van der Waals surface area contributed by atoms with Crippen molar-refractivity contribution >= 4 is 17.6 Å². The minimum Gasteiger partial charge on any atom is -0.494 e. The van der Waals surface area contributed by atoms with Crippen molar-refractivity contribution in [3.63, 3.8) is 0 Å². The van der Waals surface area contributed by atoms with Crippen molar-refractivity contribution < 1.29 is 14.3 Å². The first-order valence-electron chi connectivity index (χ1n) is 7.58. The van der Waals surface area contributed by atoms with Crippen LogP contribution < -0.4 is 4.74 Å². The van der Waals surface area contributed by atoms with E-state index in [1.54, 1.807) is 30.8 Å². The number of ether oxygens (including phenoxy) is 2. The van der Waals surface area contributed by atoms with Crippen LogP contribution in [0.3, 0.4) is 0 Å². The highest BCUT2D eigenvalue weighted by Gasteiger charge is 2.20. The number of aromatic nitrogens is 3. The Balaban J connectivity index is 1.81. The second-order valence-electron chi connectivity index (χ2n) is 5.27. The number of para-hydroxylation sites is 2. The lowest BCUT2D eigenvalue weighted by molar-refractivity contribution is 0.0465. The van der Waals surface area contributed by atoms with Gasteiger partial charge in [-0.15, -0.1) is 5.10 Å². The number of benzene rings is 2. The van der Waals surface area contributed by atoms with Gasteiger partial charge in [-0.25, -0.2) is 9.48 Å². The van der Waals surface area contributed by atoms with Crippen molar-refractivity contribution in [2.75, 3.05) is 7.11 Å². The van der Waals surface area contributed by atoms with Gasteiger partial charge in [-0.2, -0.15) is 0 Å². The molecule has 0 saturated heterocycles. The Kier molecular flexibility index (Phi) is 5.00. The van der Waals surface area contributed by atoms with Crippen LogP contribution in [0.1, 0.15) is 21.7 Å². The van der Waals surface area contributed by atoms with Gasteiger partial charge in [0.15, 0.2) is 5.69 Å². The summed E-state index contributed by atoms with van der Waals surface area (Å²) in [6.07, 6.45) is 0. The summed E-state index contributed by atoms with van der Waals surface area (Å²) < 4.78 is 12.2. The number of hydrogen-bond donors (Lipinski definition) is 0. The maximum atomic E-state index is 12.3. The molecule has 1 aromatic heterocycles. The summed E-state index contributed by atoms with van der Waals surface area (Å²) in [4.78, 5) is 12.3. The maximum Gasteiger partial charge on any atom is 0.361 e. The van der Waals surface area contributed by atoms with Crippen molar-refractivity contribution in [3.05, 3.63) is 70.5 Å². The molecule has 0 saturated carbocycles. The zero-order valence-corrected chi connectivity index (χ0v) is 14.5. The topological polar surface area (TPSA) is 66.2 Å². The van der Waals surface area contributed by atoms with Crippen LogP contribution in [-0.4, -0.2) is 28.1 Å². The monoisotopic (exact) mass is 357 g/mol. The van der Waals surface area contributed by atoms with E-state index in [2.05, 4.69) is 10.3 Å². The Bertz CT molecular complexity index is 908. The Labute approximate surface area is 149 Å². The molecule has 0 aliphatic carbocycles. The molecule has 0 amide bonds. The minimum absolute atomic E-state index is 0.0689. The number of halogens is 1. The van der Waals surface area contributed by atoms with Gasteiger partial charge in [0.25, 0.3) is 0 Å². The molecular formula is C18H16ClN3O3. The third-order valence-electron chi connectivity index (χ3n) is 3.72. The highest BCUT2D eigenvalue weighted by molar-refractivity contribution is 6.31. The molecule has 0 fully saturated rings. The molecular weight excluding hydrogens is 342 g/mol. The van der Waals surface area contributed by atoms with E-state index in [4.69, 9.17) is 21.1 Å². The van der Waals surface area contributed by atoms with Crippen molar-refractivity contribution in [1.82, 2.24) is 15.0 Å². The first-order chi connectivity index (χ1) is 12.1. The van der Waals surface area contributed by atoms with Gasteiger partial charge in [-0.05, 0) is 25.1 Å². The van der Waals surface area contributed by atoms with E-state index in [-0.39, 0.29) is 12.3 Å². The molecule has 0 aliphatic heterocycles. The first kappa shape index (κ1) is 17.0. The standard InChI is InChI=1S/C18H16ClN3O3/c1-12-17(18(23)25-11-13-7-3-4-8-14(13)19)20-21-22(12)15-9-5-6-10-16(15)24-2/h3-10H,11H2,1-2H3. The van der Waals surface area contributed by atoms with E-state index in [1.165, 1.54) is 0 Å². The molecule has 1 heterocycles. The molecule has 2 aromatic carbocycles. The van der Waals surface area contributed by atoms with Crippen LogP contribution in [0.15, 0.2) is 48.5 Å². The highest BCUT2D eigenvalue weighted by atomic mass is 35.5. The summed E-state index contributed by atoms with van der Waals surface area (Å²) >= 11 is 6.07. The molecule has 0 atom stereocenters. The van der Waals surface area contributed by atoms with Crippen LogP contribution >= 0.6 is 11.6 Å². The molecule has 0 N–H and O–H groups in total. The lowest BCUT2D eigenvalue weighted by atomic mass is 10.2. The summed E-state index contributed by atoms with van der Waals surface area (Å²) in [6, 6.07) is 14.5. The number of nitrogens with zero attached hydrogens (tertiary/aromatic N) is 3. The number of carbonyl (C=O) groups excluding carboxylic acids is 1. The van der Waals surface area contributed by atoms with Gasteiger partial charge in [0, 0.05) is 10.6 Å². The van der Waals surface area contributed by atoms with E-state index in [9.17, 15) is 4.79 Å². The molecule has 7 heteroatoms. The fourth-order valence-electron chi connectivity index (χ4n) is 2.38. The average molecular weight is 358 g/mol. The third-order valence-corrected chi connectivity index (χ3v) is 4.09. The number of rotatable bonds is 5. The van der Waals surface area contributed by atoms with Crippen molar-refractivity contribution in [3.8, 4) is 11.4 Å². The van der Waals surface area contributed by atoms with Crippen LogP contribution in [0.4, 0.5) is 0 Å². The molecule has 0 aliphatic rings. The van der Waals surface area contributed by atoms with E-state index in [0.717, 1.165) is 5.56 Å². The predicted octanol–water partition coefficient (Wildman–Crippen LogP) is 3.59.